The molecule has 3 rings (SSSR count). The van der Waals surface area contributed by atoms with Gasteiger partial charge in [-0.2, -0.15) is 0 Å². The highest BCUT2D eigenvalue weighted by Crippen LogP contribution is 2.25. The molecule has 7 N–H and O–H groups in total. The summed E-state index contributed by atoms with van der Waals surface area (Å²) in [6.07, 6.45) is 4.75. The van der Waals surface area contributed by atoms with Crippen LogP contribution in [0.1, 0.15) is 37.8 Å². The number of rotatable bonds is 9. The van der Waals surface area contributed by atoms with E-state index < -0.39 is 48.4 Å². The molecule has 13 nitrogen and oxygen atoms in total. The maximum Gasteiger partial charge on any atom is 0.326 e. The highest BCUT2D eigenvalue weighted by Gasteiger charge is 2.43. The largest absolute Gasteiger partial charge is 0.480 e. The summed E-state index contributed by atoms with van der Waals surface area (Å²) in [5, 5.41) is 11.5. The first-order chi connectivity index (χ1) is 15.7. The molecule has 13 heteroatoms. The molecule has 0 saturated carbocycles. The van der Waals surface area contributed by atoms with E-state index in [1.165, 1.54) is 16.1 Å². The van der Waals surface area contributed by atoms with Crippen molar-refractivity contribution in [1.29, 1.82) is 0 Å². The number of hydrogen-bond donors (Lipinski definition) is 5. The number of nitrogens with two attached hydrogens (primary N) is 2. The lowest BCUT2D eigenvalue weighted by Gasteiger charge is -2.32. The highest BCUT2D eigenvalue weighted by molar-refractivity contribution is 5.95. The summed E-state index contributed by atoms with van der Waals surface area (Å²) in [4.78, 5) is 71.1. The van der Waals surface area contributed by atoms with E-state index in [9.17, 15) is 29.1 Å². The molecule has 1 aromatic heterocycles. The smallest absolute Gasteiger partial charge is 0.326 e. The number of aliphatic carboxylic acids is 1. The Balaban J connectivity index is 1.66. The number of nitrogens with one attached hydrogen (secondary N) is 2. The first-order valence-electron chi connectivity index (χ1n) is 10.8. The van der Waals surface area contributed by atoms with Gasteiger partial charge in [0.25, 0.3) is 0 Å². The van der Waals surface area contributed by atoms with Gasteiger partial charge in [0.2, 0.25) is 23.6 Å². The van der Waals surface area contributed by atoms with Crippen molar-refractivity contribution in [2.24, 2.45) is 11.5 Å². The quantitative estimate of drug-likeness (QED) is 0.269. The van der Waals surface area contributed by atoms with E-state index in [0.717, 1.165) is 0 Å². The first kappa shape index (κ1) is 24.2. The molecule has 0 aromatic carbocycles. The molecular weight excluding hydrogens is 434 g/mol. The van der Waals surface area contributed by atoms with E-state index in [0.29, 0.717) is 44.5 Å². The Kier molecular flexibility index (Phi) is 7.63. The van der Waals surface area contributed by atoms with Gasteiger partial charge in [-0.1, -0.05) is 0 Å². The summed E-state index contributed by atoms with van der Waals surface area (Å²) in [7, 11) is 0. The summed E-state index contributed by atoms with van der Waals surface area (Å²) >= 11 is 0. The Morgan fingerprint density at radius 3 is 2.42 bits per heavy atom. The summed E-state index contributed by atoms with van der Waals surface area (Å²) in [5.41, 5.74) is 11.8. The van der Waals surface area contributed by atoms with Crippen molar-refractivity contribution < 1.29 is 29.1 Å². The Morgan fingerprint density at radius 1 is 1.15 bits per heavy atom. The maximum absolute atomic E-state index is 13.3. The van der Waals surface area contributed by atoms with Gasteiger partial charge in [0, 0.05) is 31.4 Å². The van der Waals surface area contributed by atoms with E-state index in [2.05, 4.69) is 15.3 Å². The number of amides is 4. The van der Waals surface area contributed by atoms with Crippen LogP contribution in [0, 0.1) is 0 Å². The van der Waals surface area contributed by atoms with Gasteiger partial charge in [-0.15, -0.1) is 0 Å². The fourth-order valence-electron chi connectivity index (χ4n) is 4.38. The van der Waals surface area contributed by atoms with Crippen molar-refractivity contribution in [2.75, 3.05) is 13.1 Å². The van der Waals surface area contributed by atoms with E-state index in [1.54, 1.807) is 6.20 Å². The molecule has 4 unspecified atom stereocenters. The second-order valence-corrected chi connectivity index (χ2v) is 8.34. The third kappa shape index (κ3) is 5.66. The number of hydrogen-bond acceptors (Lipinski definition) is 7. The molecule has 1 aromatic rings. The minimum atomic E-state index is -1.47. The van der Waals surface area contributed by atoms with Crippen LogP contribution in [0.3, 0.4) is 0 Å². The van der Waals surface area contributed by atoms with E-state index in [-0.39, 0.29) is 18.2 Å². The zero-order valence-corrected chi connectivity index (χ0v) is 18.1. The van der Waals surface area contributed by atoms with Crippen LogP contribution in [0.15, 0.2) is 12.5 Å². The van der Waals surface area contributed by atoms with Crippen LogP contribution in [0.5, 0.6) is 0 Å². The predicted octanol–water partition coefficient (Wildman–Crippen LogP) is -2.29. The molecule has 33 heavy (non-hydrogen) atoms. The average molecular weight is 463 g/mol. The summed E-state index contributed by atoms with van der Waals surface area (Å²) in [6, 6.07) is -3.94. The third-order valence-electron chi connectivity index (χ3n) is 5.99. The zero-order chi connectivity index (χ0) is 24.1. The minimum Gasteiger partial charge on any atom is -0.480 e. The van der Waals surface area contributed by atoms with E-state index >= 15 is 0 Å². The average Bonchev–Trinajstić information content (AvgIpc) is 3.53. The van der Waals surface area contributed by atoms with Gasteiger partial charge in [0.1, 0.15) is 18.1 Å². The fraction of sp³-hybridized carbons (Fsp3) is 0.600. The molecule has 0 spiro atoms. The van der Waals surface area contributed by atoms with E-state index in [4.69, 9.17) is 11.5 Å². The van der Waals surface area contributed by atoms with E-state index in [1.807, 2.05) is 0 Å². The lowest BCUT2D eigenvalue weighted by molar-refractivity contribution is -0.148. The van der Waals surface area contributed by atoms with Crippen LogP contribution in [-0.4, -0.2) is 91.7 Å². The van der Waals surface area contributed by atoms with Gasteiger partial charge in [0.05, 0.1) is 18.8 Å². The van der Waals surface area contributed by atoms with Crippen LogP contribution in [0.4, 0.5) is 0 Å². The molecule has 4 amide bonds. The monoisotopic (exact) mass is 463 g/mol. The van der Waals surface area contributed by atoms with Gasteiger partial charge in [-0.25, -0.2) is 9.78 Å². The molecular formula is C20H29N7O6. The predicted molar refractivity (Wildman–Crippen MR) is 113 cm³/mol. The summed E-state index contributed by atoms with van der Waals surface area (Å²) < 4.78 is 0. The lowest BCUT2D eigenvalue weighted by atomic mass is 10.1. The van der Waals surface area contributed by atoms with Gasteiger partial charge in [-0.3, -0.25) is 19.2 Å². The Labute approximate surface area is 189 Å². The van der Waals surface area contributed by atoms with Crippen LogP contribution in [-0.2, 0) is 30.4 Å². The summed E-state index contributed by atoms with van der Waals surface area (Å²) in [6.45, 7) is 0.694. The number of primary amides is 1. The maximum atomic E-state index is 13.3. The zero-order valence-electron chi connectivity index (χ0n) is 18.1. The molecule has 180 valence electrons. The molecule has 0 bridgehead atoms. The molecule has 0 radical (unpaired) electrons. The van der Waals surface area contributed by atoms with Crippen molar-refractivity contribution in [1.82, 2.24) is 25.1 Å². The van der Waals surface area contributed by atoms with Crippen LogP contribution < -0.4 is 16.8 Å². The lowest BCUT2D eigenvalue weighted by Crippen LogP contribution is -2.56. The van der Waals surface area contributed by atoms with Crippen molar-refractivity contribution >= 4 is 29.6 Å². The molecule has 3 heterocycles. The Hall–Kier alpha value is -3.48. The number of carbonyl (C=O) groups excluding carboxylic acids is 4. The number of aromatic amines is 1. The topological polar surface area (TPSA) is 205 Å². The second kappa shape index (κ2) is 10.4. The van der Waals surface area contributed by atoms with Crippen molar-refractivity contribution in [3.05, 3.63) is 18.2 Å². The number of aromatic nitrogens is 2. The number of nitrogens with zero attached hydrogens (tertiary/aromatic N) is 3. The van der Waals surface area contributed by atoms with Crippen LogP contribution in [0.25, 0.3) is 0 Å². The normalized spacial score (nSPS) is 22.1. The third-order valence-corrected chi connectivity index (χ3v) is 5.99. The van der Waals surface area contributed by atoms with Crippen molar-refractivity contribution in [3.8, 4) is 0 Å². The van der Waals surface area contributed by atoms with Crippen molar-refractivity contribution in [3.63, 3.8) is 0 Å². The molecule has 0 aliphatic carbocycles. The molecule has 2 fully saturated rings. The number of carboxylic acid groups (broad SMARTS) is 1. The Morgan fingerprint density at radius 2 is 1.82 bits per heavy atom. The van der Waals surface area contributed by atoms with Gasteiger partial charge in [0.15, 0.2) is 0 Å². The van der Waals surface area contributed by atoms with Crippen molar-refractivity contribution in [2.45, 2.75) is 62.7 Å². The number of H-pyrrole nitrogens is 1. The van der Waals surface area contributed by atoms with Crippen LogP contribution in [0.2, 0.25) is 0 Å². The molecule has 2 aliphatic rings. The second-order valence-electron chi connectivity index (χ2n) is 8.34. The fourth-order valence-corrected chi connectivity index (χ4v) is 4.38. The Bertz CT molecular complexity index is 905. The molecule has 2 saturated heterocycles. The standard InChI is InChI=1S/C20H29N7O6/c21-12(7-11-9-23-10-24-11)18(30)27-6-2-4-15(27)19(31)26-5-1-3-14(26)17(29)25-13(20(32)33)8-16(22)28/h9-10,12-15H,1-8,21H2,(H2,22,28)(H,23,24)(H,25,29)(H,32,33). The SMILES string of the molecule is NC(=O)CC(NC(=O)C1CCCN1C(=O)C1CCCN1C(=O)C(N)Cc1cnc[nH]1)C(=O)O. The number of carboxylic acids is 1. The molecule has 4 atom stereocenters. The van der Waals surface area contributed by atoms with Gasteiger partial charge < -0.3 is 36.7 Å². The van der Waals surface area contributed by atoms with Gasteiger partial charge >= 0.3 is 5.97 Å². The highest BCUT2D eigenvalue weighted by atomic mass is 16.4. The minimum absolute atomic E-state index is 0.251. The number of imidazole rings is 1. The number of likely N-dealkylation sites (tertiary alicyclic amines) is 2. The van der Waals surface area contributed by atoms with Crippen LogP contribution >= 0.6 is 0 Å². The number of carbonyl (C=O) groups is 5. The summed E-state index contributed by atoms with van der Waals surface area (Å²) in [5.74, 6) is -3.64. The van der Waals surface area contributed by atoms with Gasteiger partial charge in [-0.05, 0) is 25.7 Å². The molecule has 2 aliphatic heterocycles. The first-order valence-corrected chi connectivity index (χ1v) is 10.8.